The largest absolute Gasteiger partial charge is 0.245 e. The predicted molar refractivity (Wildman–Crippen MR) is 62.3 cm³/mol. The topological polar surface area (TPSA) is 49.6 Å². The number of benzene rings is 1. The summed E-state index contributed by atoms with van der Waals surface area (Å²) in [5.74, 6) is 0. The molecule has 0 aliphatic carbocycles. The maximum Gasteiger partial charge on any atom is 0.158 e. The number of aromatic nitrogens is 2. The van der Waals surface area contributed by atoms with Crippen molar-refractivity contribution < 1.29 is 0 Å². The van der Waals surface area contributed by atoms with Crippen molar-refractivity contribution in [2.24, 2.45) is 0 Å². The molecule has 0 amide bonds. The van der Waals surface area contributed by atoms with E-state index in [0.717, 1.165) is 4.90 Å². The van der Waals surface area contributed by atoms with Crippen molar-refractivity contribution >= 4 is 23.4 Å². The third-order valence-electron chi connectivity index (χ3n) is 1.79. The zero-order valence-corrected chi connectivity index (χ0v) is 9.66. The summed E-state index contributed by atoms with van der Waals surface area (Å²) in [4.78, 5) is 8.96. The molecule has 5 heteroatoms. The molecule has 0 spiro atoms. The predicted octanol–water partition coefficient (Wildman–Crippen LogP) is 3.15. The van der Waals surface area contributed by atoms with E-state index in [-0.39, 0.29) is 0 Å². The summed E-state index contributed by atoms with van der Waals surface area (Å²) in [6, 6.07) is 9.43. The van der Waals surface area contributed by atoms with Gasteiger partial charge >= 0.3 is 0 Å². The number of nitriles is 1. The van der Waals surface area contributed by atoms with Gasteiger partial charge in [-0.25, -0.2) is 9.97 Å². The van der Waals surface area contributed by atoms with Gasteiger partial charge in [0.05, 0.1) is 17.4 Å². The minimum Gasteiger partial charge on any atom is -0.245 e. The highest BCUT2D eigenvalue weighted by Crippen LogP contribution is 2.31. The van der Waals surface area contributed by atoms with Crippen molar-refractivity contribution in [3.05, 3.63) is 47.4 Å². The van der Waals surface area contributed by atoms with Gasteiger partial charge in [0.1, 0.15) is 11.1 Å². The van der Waals surface area contributed by atoms with Crippen LogP contribution in [-0.4, -0.2) is 9.97 Å². The first-order chi connectivity index (χ1) is 7.79. The highest BCUT2D eigenvalue weighted by molar-refractivity contribution is 7.99. The number of rotatable bonds is 2. The van der Waals surface area contributed by atoms with Crippen LogP contribution in [0, 0.1) is 11.3 Å². The van der Waals surface area contributed by atoms with Crippen LogP contribution >= 0.6 is 23.4 Å². The van der Waals surface area contributed by atoms with Crippen molar-refractivity contribution in [1.29, 1.82) is 5.26 Å². The Balaban J connectivity index is 2.22. The van der Waals surface area contributed by atoms with Gasteiger partial charge < -0.3 is 0 Å². The normalized spacial score (nSPS) is 9.75. The lowest BCUT2D eigenvalue weighted by Crippen LogP contribution is -1.86. The third-order valence-corrected chi connectivity index (χ3v) is 3.23. The van der Waals surface area contributed by atoms with Crippen LogP contribution in [0.2, 0.25) is 5.02 Å². The molecule has 1 aromatic carbocycles. The molecular weight excluding hydrogens is 242 g/mol. The first-order valence-electron chi connectivity index (χ1n) is 4.44. The Morgan fingerprint density at radius 1 is 1.19 bits per heavy atom. The van der Waals surface area contributed by atoms with E-state index in [9.17, 15) is 0 Å². The van der Waals surface area contributed by atoms with Gasteiger partial charge in [0, 0.05) is 4.90 Å². The van der Waals surface area contributed by atoms with E-state index >= 15 is 0 Å². The average molecular weight is 248 g/mol. The standard InChI is InChI=1S/C11H6ClN3S/c12-9-3-1-2-4-10(9)16-11-7-14-8(5-13)6-15-11/h1-4,6-7H. The number of hydrogen-bond donors (Lipinski definition) is 0. The van der Waals surface area contributed by atoms with Gasteiger partial charge in [0.15, 0.2) is 5.69 Å². The van der Waals surface area contributed by atoms with E-state index in [4.69, 9.17) is 16.9 Å². The molecule has 0 bridgehead atoms. The van der Waals surface area contributed by atoms with Crippen molar-refractivity contribution in [1.82, 2.24) is 9.97 Å². The van der Waals surface area contributed by atoms with Crippen LogP contribution in [0.15, 0.2) is 46.6 Å². The SMILES string of the molecule is N#Cc1cnc(Sc2ccccc2Cl)cn1. The van der Waals surface area contributed by atoms with Gasteiger partial charge in [-0.15, -0.1) is 0 Å². The Hall–Kier alpha value is -1.57. The zero-order valence-electron chi connectivity index (χ0n) is 8.09. The van der Waals surface area contributed by atoms with E-state index in [2.05, 4.69) is 9.97 Å². The molecule has 0 saturated heterocycles. The number of hydrogen-bond acceptors (Lipinski definition) is 4. The fourth-order valence-electron chi connectivity index (χ4n) is 1.07. The van der Waals surface area contributed by atoms with Crippen LogP contribution in [0.5, 0.6) is 0 Å². The molecule has 0 aliphatic heterocycles. The Labute approximate surface area is 102 Å². The molecule has 0 radical (unpaired) electrons. The van der Waals surface area contributed by atoms with Crippen LogP contribution in [0.3, 0.4) is 0 Å². The lowest BCUT2D eigenvalue weighted by molar-refractivity contribution is 1.04. The molecule has 0 unspecified atom stereocenters. The number of halogens is 1. The molecule has 1 aromatic heterocycles. The molecule has 0 atom stereocenters. The first kappa shape index (κ1) is 10.9. The summed E-state index contributed by atoms with van der Waals surface area (Å²) in [5.41, 5.74) is 0.309. The van der Waals surface area contributed by atoms with Crippen LogP contribution in [0.4, 0.5) is 0 Å². The number of nitrogens with zero attached hydrogens (tertiary/aromatic N) is 3. The minimum absolute atomic E-state index is 0.309. The van der Waals surface area contributed by atoms with Crippen LogP contribution in [-0.2, 0) is 0 Å². The molecule has 0 fully saturated rings. The van der Waals surface area contributed by atoms with Crippen molar-refractivity contribution in [3.63, 3.8) is 0 Å². The second kappa shape index (κ2) is 4.97. The molecule has 0 aliphatic rings. The summed E-state index contributed by atoms with van der Waals surface area (Å²) in [7, 11) is 0. The van der Waals surface area contributed by atoms with Gasteiger partial charge in [-0.1, -0.05) is 35.5 Å². The Morgan fingerprint density at radius 2 is 2.00 bits per heavy atom. The van der Waals surface area contributed by atoms with E-state index < -0.39 is 0 Å². The molecule has 78 valence electrons. The monoisotopic (exact) mass is 247 g/mol. The van der Waals surface area contributed by atoms with Crippen LogP contribution in [0.25, 0.3) is 0 Å². The molecule has 0 saturated carbocycles. The lowest BCUT2D eigenvalue weighted by atomic mass is 10.4. The van der Waals surface area contributed by atoms with Gasteiger partial charge in [-0.3, -0.25) is 0 Å². The van der Waals surface area contributed by atoms with Crippen molar-refractivity contribution in [2.45, 2.75) is 9.92 Å². The second-order valence-corrected chi connectivity index (χ2v) is 4.35. The zero-order chi connectivity index (χ0) is 11.4. The lowest BCUT2D eigenvalue weighted by Gasteiger charge is -2.01. The van der Waals surface area contributed by atoms with E-state index in [1.54, 1.807) is 6.20 Å². The molecular formula is C11H6ClN3S. The van der Waals surface area contributed by atoms with Gasteiger partial charge in [0.2, 0.25) is 0 Å². The Kier molecular flexibility index (Phi) is 3.40. The summed E-state index contributed by atoms with van der Waals surface area (Å²) < 4.78 is 0. The van der Waals surface area contributed by atoms with Gasteiger partial charge in [-0.05, 0) is 12.1 Å². The average Bonchev–Trinajstić information content (AvgIpc) is 2.33. The third kappa shape index (κ3) is 2.51. The molecule has 0 N–H and O–H groups in total. The summed E-state index contributed by atoms with van der Waals surface area (Å²) in [6.07, 6.45) is 3.01. The van der Waals surface area contributed by atoms with Crippen LogP contribution < -0.4 is 0 Å². The Morgan fingerprint density at radius 3 is 2.62 bits per heavy atom. The van der Waals surface area contributed by atoms with E-state index in [1.807, 2.05) is 30.3 Å². The fraction of sp³-hybridized carbons (Fsp3) is 0. The minimum atomic E-state index is 0.309. The Bertz CT molecular complexity index is 534. The van der Waals surface area contributed by atoms with Gasteiger partial charge in [0.25, 0.3) is 0 Å². The maximum absolute atomic E-state index is 8.58. The summed E-state index contributed by atoms with van der Waals surface area (Å²) in [5, 5.41) is 9.98. The molecule has 2 rings (SSSR count). The summed E-state index contributed by atoms with van der Waals surface area (Å²) in [6.45, 7) is 0. The van der Waals surface area contributed by atoms with Crippen LogP contribution in [0.1, 0.15) is 5.69 Å². The van der Waals surface area contributed by atoms with E-state index in [0.29, 0.717) is 15.7 Å². The van der Waals surface area contributed by atoms with Crippen molar-refractivity contribution in [3.8, 4) is 6.07 Å². The highest BCUT2D eigenvalue weighted by Gasteiger charge is 2.03. The first-order valence-corrected chi connectivity index (χ1v) is 5.63. The quantitative estimate of drug-likeness (QED) is 0.818. The molecule has 2 aromatic rings. The summed E-state index contributed by atoms with van der Waals surface area (Å²) >= 11 is 7.43. The maximum atomic E-state index is 8.58. The van der Waals surface area contributed by atoms with Crippen molar-refractivity contribution in [2.75, 3.05) is 0 Å². The fourth-order valence-corrected chi connectivity index (χ4v) is 2.07. The molecule has 1 heterocycles. The van der Waals surface area contributed by atoms with E-state index in [1.165, 1.54) is 18.0 Å². The second-order valence-electron chi connectivity index (χ2n) is 2.88. The highest BCUT2D eigenvalue weighted by atomic mass is 35.5. The van der Waals surface area contributed by atoms with Gasteiger partial charge in [-0.2, -0.15) is 5.26 Å². The molecule has 3 nitrogen and oxygen atoms in total. The smallest absolute Gasteiger partial charge is 0.158 e. The molecule has 16 heavy (non-hydrogen) atoms.